The van der Waals surface area contributed by atoms with E-state index in [4.69, 9.17) is 9.47 Å². The molecule has 3 rings (SSSR count). The third kappa shape index (κ3) is 7.67. The van der Waals surface area contributed by atoms with Gasteiger partial charge in [-0.1, -0.05) is 72.1 Å². The Kier molecular flexibility index (Phi) is 10.0. The second-order valence-electron chi connectivity index (χ2n) is 11.5. The van der Waals surface area contributed by atoms with Gasteiger partial charge in [0.25, 0.3) is 0 Å². The van der Waals surface area contributed by atoms with Crippen LogP contribution in [0.25, 0.3) is 0 Å². The predicted octanol–water partition coefficient (Wildman–Crippen LogP) is 8.69. The van der Waals surface area contributed by atoms with Gasteiger partial charge in [-0.25, -0.2) is 4.79 Å². The Hall–Kier alpha value is -0.730. The molecule has 0 atom stereocenters. The average Bonchev–Trinajstić information content (AvgIpc) is 2.79. The molecule has 0 amide bonds. The molecule has 0 aliphatic heterocycles. The molecular weight excluding hydrogens is 384 g/mol. The second kappa shape index (κ2) is 12.5. The van der Waals surface area contributed by atoms with E-state index in [1.807, 2.05) is 6.92 Å². The van der Waals surface area contributed by atoms with E-state index >= 15 is 0 Å². The zero-order valence-corrected chi connectivity index (χ0v) is 20.8. The molecule has 31 heavy (non-hydrogen) atoms. The number of hydrogen-bond donors (Lipinski definition) is 0. The summed E-state index contributed by atoms with van der Waals surface area (Å²) in [6.07, 6.45) is 21.3. The summed E-state index contributed by atoms with van der Waals surface area (Å²) in [4.78, 5) is 12.4. The first-order valence-electron chi connectivity index (χ1n) is 13.9. The van der Waals surface area contributed by atoms with E-state index in [1.54, 1.807) is 0 Å². The molecule has 3 fully saturated rings. The normalized spacial score (nSPS) is 36.7. The Morgan fingerprint density at radius 1 is 0.774 bits per heavy atom. The van der Waals surface area contributed by atoms with Crippen molar-refractivity contribution in [1.82, 2.24) is 0 Å². The maximum Gasteiger partial charge on any atom is 0.508 e. The summed E-state index contributed by atoms with van der Waals surface area (Å²) in [5.74, 6) is 4.47. The molecule has 3 saturated carbocycles. The van der Waals surface area contributed by atoms with Gasteiger partial charge in [0.15, 0.2) is 0 Å². The summed E-state index contributed by atoms with van der Waals surface area (Å²) in [7, 11) is 0. The fraction of sp³-hybridized carbons (Fsp3) is 0.964. The first-order chi connectivity index (χ1) is 15.0. The lowest BCUT2D eigenvalue weighted by molar-refractivity contribution is -0.0748. The van der Waals surface area contributed by atoms with Crippen molar-refractivity contribution in [3.05, 3.63) is 0 Å². The lowest BCUT2D eigenvalue weighted by atomic mass is 9.67. The zero-order chi connectivity index (χ0) is 22.1. The second-order valence-corrected chi connectivity index (χ2v) is 11.5. The Bertz CT molecular complexity index is 506. The van der Waals surface area contributed by atoms with Crippen LogP contribution in [0, 0.1) is 29.6 Å². The fourth-order valence-electron chi connectivity index (χ4n) is 6.87. The molecule has 0 aromatic rings. The minimum atomic E-state index is -0.418. The Morgan fingerprint density at radius 2 is 1.35 bits per heavy atom. The molecular formula is C28H50O3. The summed E-state index contributed by atoms with van der Waals surface area (Å²) in [5.41, 5.74) is -0.260. The average molecular weight is 435 g/mol. The van der Waals surface area contributed by atoms with E-state index in [0.717, 1.165) is 55.3 Å². The third-order valence-electron chi connectivity index (χ3n) is 9.06. The van der Waals surface area contributed by atoms with Crippen LogP contribution in [-0.2, 0) is 9.47 Å². The van der Waals surface area contributed by atoms with Crippen LogP contribution in [0.3, 0.4) is 0 Å². The minimum absolute atomic E-state index is 0.260. The van der Waals surface area contributed by atoms with Crippen LogP contribution < -0.4 is 0 Å². The predicted molar refractivity (Wildman–Crippen MR) is 128 cm³/mol. The molecule has 0 N–H and O–H groups in total. The fourth-order valence-corrected chi connectivity index (χ4v) is 6.87. The van der Waals surface area contributed by atoms with Crippen LogP contribution in [0.15, 0.2) is 0 Å². The first kappa shape index (κ1) is 24.9. The Labute approximate surface area is 192 Å². The monoisotopic (exact) mass is 434 g/mol. The third-order valence-corrected chi connectivity index (χ3v) is 9.06. The van der Waals surface area contributed by atoms with Crippen molar-refractivity contribution < 1.29 is 14.3 Å². The molecule has 0 radical (unpaired) electrons. The molecule has 180 valence electrons. The number of rotatable bonds is 9. The summed E-state index contributed by atoms with van der Waals surface area (Å²) < 4.78 is 11.5. The molecule has 3 aliphatic rings. The van der Waals surface area contributed by atoms with Gasteiger partial charge in [0, 0.05) is 0 Å². The summed E-state index contributed by atoms with van der Waals surface area (Å²) >= 11 is 0. The topological polar surface area (TPSA) is 35.5 Å². The van der Waals surface area contributed by atoms with Crippen LogP contribution in [0.2, 0.25) is 0 Å². The van der Waals surface area contributed by atoms with E-state index in [-0.39, 0.29) is 5.60 Å². The Balaban J connectivity index is 1.52. The molecule has 0 aromatic heterocycles. The van der Waals surface area contributed by atoms with Gasteiger partial charge in [0.05, 0.1) is 6.61 Å². The Morgan fingerprint density at radius 3 is 1.94 bits per heavy atom. The van der Waals surface area contributed by atoms with Gasteiger partial charge >= 0.3 is 6.16 Å². The largest absolute Gasteiger partial charge is 0.508 e. The molecule has 0 bridgehead atoms. The van der Waals surface area contributed by atoms with Gasteiger partial charge < -0.3 is 9.47 Å². The van der Waals surface area contributed by atoms with Gasteiger partial charge in [0.1, 0.15) is 5.60 Å². The molecule has 0 saturated heterocycles. The van der Waals surface area contributed by atoms with Gasteiger partial charge in [-0.2, -0.15) is 0 Å². The highest BCUT2D eigenvalue weighted by atomic mass is 16.7. The van der Waals surface area contributed by atoms with Crippen LogP contribution in [0.1, 0.15) is 130 Å². The van der Waals surface area contributed by atoms with E-state index < -0.39 is 6.16 Å². The van der Waals surface area contributed by atoms with Gasteiger partial charge in [-0.15, -0.1) is 0 Å². The lowest BCUT2D eigenvalue weighted by Gasteiger charge is -2.43. The smallest absolute Gasteiger partial charge is 0.434 e. The molecule has 3 aliphatic carbocycles. The van der Waals surface area contributed by atoms with Crippen LogP contribution in [0.5, 0.6) is 0 Å². The maximum atomic E-state index is 12.4. The molecule has 0 aromatic carbocycles. The molecule has 0 spiro atoms. The van der Waals surface area contributed by atoms with Crippen molar-refractivity contribution >= 4 is 6.16 Å². The molecule has 3 nitrogen and oxygen atoms in total. The molecule has 0 unspecified atom stereocenters. The quantitative estimate of drug-likeness (QED) is 0.340. The van der Waals surface area contributed by atoms with Crippen molar-refractivity contribution in [1.29, 1.82) is 0 Å². The van der Waals surface area contributed by atoms with Crippen molar-refractivity contribution in [3.63, 3.8) is 0 Å². The van der Waals surface area contributed by atoms with Gasteiger partial charge in [0.2, 0.25) is 0 Å². The van der Waals surface area contributed by atoms with Crippen LogP contribution >= 0.6 is 0 Å². The highest BCUT2D eigenvalue weighted by Crippen LogP contribution is 2.46. The maximum absolute atomic E-state index is 12.4. The van der Waals surface area contributed by atoms with E-state index in [9.17, 15) is 4.79 Å². The van der Waals surface area contributed by atoms with E-state index in [0.29, 0.717) is 6.61 Å². The highest BCUT2D eigenvalue weighted by molar-refractivity contribution is 5.60. The van der Waals surface area contributed by atoms with Crippen LogP contribution in [-0.4, -0.2) is 18.4 Å². The van der Waals surface area contributed by atoms with E-state index in [1.165, 1.54) is 83.5 Å². The van der Waals surface area contributed by atoms with Crippen molar-refractivity contribution in [3.8, 4) is 0 Å². The summed E-state index contributed by atoms with van der Waals surface area (Å²) in [6.45, 7) is 7.23. The summed E-state index contributed by atoms with van der Waals surface area (Å²) in [5, 5.41) is 0. The standard InChI is InChI=1S/C28H50O3/c1-4-6-23-9-11-24(12-10-23)15-18-28(31-27(29)30-21-5-2)19-16-26(17-20-28)25-13-7-22(3)8-14-25/h22-26H,4-21H2,1-3H3. The van der Waals surface area contributed by atoms with Crippen molar-refractivity contribution in [2.24, 2.45) is 29.6 Å². The number of ether oxygens (including phenoxy) is 2. The highest BCUT2D eigenvalue weighted by Gasteiger charge is 2.41. The molecule has 3 heteroatoms. The van der Waals surface area contributed by atoms with Gasteiger partial charge in [-0.3, -0.25) is 0 Å². The zero-order valence-electron chi connectivity index (χ0n) is 20.8. The van der Waals surface area contributed by atoms with E-state index in [2.05, 4.69) is 13.8 Å². The number of carbonyl (C=O) groups excluding carboxylic acids is 1. The number of hydrogen-bond acceptors (Lipinski definition) is 3. The first-order valence-corrected chi connectivity index (χ1v) is 13.9. The van der Waals surface area contributed by atoms with Crippen molar-refractivity contribution in [2.75, 3.05) is 6.61 Å². The lowest BCUT2D eigenvalue weighted by Crippen LogP contribution is -2.41. The molecule has 0 heterocycles. The van der Waals surface area contributed by atoms with Crippen LogP contribution in [0.4, 0.5) is 4.79 Å². The minimum Gasteiger partial charge on any atom is -0.434 e. The SMILES string of the molecule is CCCOC(=O)OC1(CCC2CCC(CCC)CC2)CCC(C2CCC(C)CC2)CC1. The summed E-state index contributed by atoms with van der Waals surface area (Å²) in [6, 6.07) is 0. The van der Waals surface area contributed by atoms with Crippen molar-refractivity contribution in [2.45, 2.75) is 136 Å². The number of carbonyl (C=O) groups is 1. The van der Waals surface area contributed by atoms with Gasteiger partial charge in [-0.05, 0) is 87.4 Å².